The minimum Gasteiger partial charge on any atom is -0.314 e. The van der Waals surface area contributed by atoms with Gasteiger partial charge in [0.25, 0.3) is 0 Å². The van der Waals surface area contributed by atoms with Gasteiger partial charge in [0, 0.05) is 24.8 Å². The van der Waals surface area contributed by atoms with Crippen molar-refractivity contribution in [2.24, 2.45) is 7.05 Å². The molecule has 1 N–H and O–H groups in total. The Morgan fingerprint density at radius 1 is 1.14 bits per heavy atom. The topological polar surface area (TPSA) is 29.9 Å². The highest BCUT2D eigenvalue weighted by Crippen LogP contribution is 2.28. The predicted octanol–water partition coefficient (Wildman–Crippen LogP) is 3.75. The third-order valence-electron chi connectivity index (χ3n) is 3.76. The molecule has 2 aromatic rings. The Kier molecular flexibility index (Phi) is 5.18. The van der Waals surface area contributed by atoms with Crippen molar-refractivity contribution in [3.8, 4) is 11.1 Å². The lowest BCUT2D eigenvalue weighted by Crippen LogP contribution is -2.27. The zero-order valence-corrected chi connectivity index (χ0v) is 13.9. The molecule has 0 saturated carbocycles. The quantitative estimate of drug-likeness (QED) is 0.876. The fourth-order valence-electron chi connectivity index (χ4n) is 2.75. The average molecular weight is 285 g/mol. The van der Waals surface area contributed by atoms with Crippen LogP contribution < -0.4 is 5.32 Å². The zero-order valence-electron chi connectivity index (χ0n) is 13.9. The van der Waals surface area contributed by atoms with E-state index in [-0.39, 0.29) is 0 Å². The number of aryl methyl sites for hydroxylation is 1. The molecular formula is C18H27N3. The molecule has 1 aromatic heterocycles. The van der Waals surface area contributed by atoms with Crippen LogP contribution in [0.25, 0.3) is 11.1 Å². The smallest absolute Gasteiger partial charge is 0.0728 e. The molecule has 0 aliphatic heterocycles. The molecule has 1 unspecified atom stereocenters. The van der Waals surface area contributed by atoms with Crippen molar-refractivity contribution in [1.29, 1.82) is 0 Å². The molecule has 3 nitrogen and oxygen atoms in total. The van der Waals surface area contributed by atoms with Gasteiger partial charge in [-0.15, -0.1) is 0 Å². The van der Waals surface area contributed by atoms with E-state index in [0.717, 1.165) is 13.0 Å². The van der Waals surface area contributed by atoms with Crippen LogP contribution in [-0.2, 0) is 13.5 Å². The molecule has 1 atom stereocenters. The second-order valence-electron chi connectivity index (χ2n) is 6.12. The van der Waals surface area contributed by atoms with E-state index in [4.69, 9.17) is 0 Å². The summed E-state index contributed by atoms with van der Waals surface area (Å²) in [4.78, 5) is 0. The number of hydrogen-bond acceptors (Lipinski definition) is 2. The summed E-state index contributed by atoms with van der Waals surface area (Å²) in [5.41, 5.74) is 5.05. The monoisotopic (exact) mass is 285 g/mol. The minimum absolute atomic E-state index is 0.439. The zero-order chi connectivity index (χ0) is 15.4. The molecule has 21 heavy (non-hydrogen) atoms. The van der Waals surface area contributed by atoms with Crippen LogP contribution in [0.2, 0.25) is 0 Å². The number of rotatable bonds is 6. The molecule has 114 valence electrons. The maximum atomic E-state index is 4.59. The molecule has 0 radical (unpaired) electrons. The van der Waals surface area contributed by atoms with E-state index < -0.39 is 0 Å². The summed E-state index contributed by atoms with van der Waals surface area (Å²) < 4.78 is 1.91. The maximum absolute atomic E-state index is 4.59. The van der Waals surface area contributed by atoms with Gasteiger partial charge in [0.15, 0.2) is 0 Å². The van der Waals surface area contributed by atoms with E-state index in [1.807, 2.05) is 11.7 Å². The molecule has 0 aliphatic rings. The van der Waals surface area contributed by atoms with Crippen LogP contribution in [0.15, 0.2) is 30.5 Å². The van der Waals surface area contributed by atoms with Crippen LogP contribution in [0, 0.1) is 0 Å². The van der Waals surface area contributed by atoms with Gasteiger partial charge >= 0.3 is 0 Å². The number of aromatic nitrogens is 2. The molecule has 1 aromatic carbocycles. The summed E-state index contributed by atoms with van der Waals surface area (Å²) in [5.74, 6) is 0.439. The first-order valence-electron chi connectivity index (χ1n) is 7.87. The van der Waals surface area contributed by atoms with Gasteiger partial charge in [-0.05, 0) is 36.9 Å². The Balaban J connectivity index is 2.19. The molecule has 0 spiro atoms. The van der Waals surface area contributed by atoms with Gasteiger partial charge < -0.3 is 5.32 Å². The summed E-state index contributed by atoms with van der Waals surface area (Å²) >= 11 is 0. The molecule has 3 heteroatoms. The summed E-state index contributed by atoms with van der Waals surface area (Å²) in [7, 11) is 1.99. The first kappa shape index (κ1) is 15.8. The number of nitrogens with zero attached hydrogens (tertiary/aromatic N) is 2. The summed E-state index contributed by atoms with van der Waals surface area (Å²) in [5, 5.41) is 8.04. The highest BCUT2D eigenvalue weighted by molar-refractivity contribution is 5.66. The van der Waals surface area contributed by atoms with Crippen LogP contribution in [0.4, 0.5) is 0 Å². The highest BCUT2D eigenvalue weighted by atomic mass is 15.3. The Bertz CT molecular complexity index is 567. The van der Waals surface area contributed by atoms with Crippen LogP contribution in [0.5, 0.6) is 0 Å². The van der Waals surface area contributed by atoms with Gasteiger partial charge in [-0.3, -0.25) is 4.68 Å². The van der Waals surface area contributed by atoms with Gasteiger partial charge in [0.05, 0.1) is 5.69 Å². The summed E-state index contributed by atoms with van der Waals surface area (Å²) in [6.07, 6.45) is 3.18. The summed E-state index contributed by atoms with van der Waals surface area (Å²) in [6.45, 7) is 9.79. The van der Waals surface area contributed by atoms with Crippen molar-refractivity contribution in [1.82, 2.24) is 15.1 Å². The van der Waals surface area contributed by atoms with E-state index in [1.165, 1.54) is 22.4 Å². The number of hydrogen-bond donors (Lipinski definition) is 1. The second kappa shape index (κ2) is 6.90. The van der Waals surface area contributed by atoms with Crippen molar-refractivity contribution in [2.75, 3.05) is 6.54 Å². The molecule has 0 bridgehead atoms. The van der Waals surface area contributed by atoms with Crippen molar-refractivity contribution < 1.29 is 0 Å². The first-order chi connectivity index (χ1) is 10.0. The molecular weight excluding hydrogens is 258 g/mol. The number of likely N-dealkylation sites (N-methyl/N-ethyl adjacent to an activating group) is 1. The van der Waals surface area contributed by atoms with Crippen LogP contribution in [0.3, 0.4) is 0 Å². The SMILES string of the molecule is CCNC(C)Cc1ccc(-c2cn(C)nc2C(C)C)cc1. The normalized spacial score (nSPS) is 12.9. The Labute approximate surface area is 128 Å². The van der Waals surface area contributed by atoms with Crippen molar-refractivity contribution in [3.63, 3.8) is 0 Å². The maximum Gasteiger partial charge on any atom is 0.0728 e. The first-order valence-corrected chi connectivity index (χ1v) is 7.87. The third kappa shape index (κ3) is 3.94. The minimum atomic E-state index is 0.439. The fourth-order valence-corrected chi connectivity index (χ4v) is 2.75. The Hall–Kier alpha value is -1.61. The molecule has 0 aliphatic carbocycles. The lowest BCUT2D eigenvalue weighted by molar-refractivity contribution is 0.565. The molecule has 1 heterocycles. The van der Waals surface area contributed by atoms with Gasteiger partial charge in [-0.2, -0.15) is 5.10 Å². The van der Waals surface area contributed by atoms with Crippen LogP contribution in [0.1, 0.15) is 44.9 Å². The van der Waals surface area contributed by atoms with E-state index >= 15 is 0 Å². The van der Waals surface area contributed by atoms with Crippen LogP contribution >= 0.6 is 0 Å². The number of nitrogens with one attached hydrogen (secondary N) is 1. The number of benzene rings is 1. The second-order valence-corrected chi connectivity index (χ2v) is 6.12. The Morgan fingerprint density at radius 2 is 1.81 bits per heavy atom. The van der Waals surface area contributed by atoms with Gasteiger partial charge in [0.2, 0.25) is 0 Å². The van der Waals surface area contributed by atoms with Gasteiger partial charge in [-0.25, -0.2) is 0 Å². The molecule has 0 saturated heterocycles. The largest absolute Gasteiger partial charge is 0.314 e. The lowest BCUT2D eigenvalue weighted by atomic mass is 9.98. The highest BCUT2D eigenvalue weighted by Gasteiger charge is 2.13. The van der Waals surface area contributed by atoms with Crippen molar-refractivity contribution in [2.45, 2.75) is 46.1 Å². The lowest BCUT2D eigenvalue weighted by Gasteiger charge is -2.12. The van der Waals surface area contributed by atoms with E-state index in [9.17, 15) is 0 Å². The van der Waals surface area contributed by atoms with Gasteiger partial charge in [0.1, 0.15) is 0 Å². The van der Waals surface area contributed by atoms with Crippen molar-refractivity contribution in [3.05, 3.63) is 41.7 Å². The van der Waals surface area contributed by atoms with E-state index in [1.54, 1.807) is 0 Å². The Morgan fingerprint density at radius 3 is 2.38 bits per heavy atom. The fraction of sp³-hybridized carbons (Fsp3) is 0.500. The average Bonchev–Trinajstić information content (AvgIpc) is 2.82. The third-order valence-corrected chi connectivity index (χ3v) is 3.76. The van der Waals surface area contributed by atoms with Gasteiger partial charge in [-0.1, -0.05) is 45.0 Å². The van der Waals surface area contributed by atoms with E-state index in [2.05, 4.69) is 68.6 Å². The van der Waals surface area contributed by atoms with Crippen molar-refractivity contribution >= 4 is 0 Å². The van der Waals surface area contributed by atoms with E-state index in [0.29, 0.717) is 12.0 Å². The molecule has 0 amide bonds. The van der Waals surface area contributed by atoms with Crippen LogP contribution in [-0.4, -0.2) is 22.4 Å². The summed E-state index contributed by atoms with van der Waals surface area (Å²) in [6, 6.07) is 9.43. The predicted molar refractivity (Wildman–Crippen MR) is 89.6 cm³/mol. The standard InChI is InChI=1S/C18H27N3/c1-6-19-14(4)11-15-7-9-16(10-8-15)17-12-21(5)20-18(17)13(2)3/h7-10,12-14,19H,6,11H2,1-5H3. The molecule has 2 rings (SSSR count). The molecule has 0 fully saturated rings.